The average Bonchev–Trinajstić information content (AvgIpc) is 2.75. The Labute approximate surface area is 187 Å². The standard InChI is InChI=1S/C24H26Cl2N4/c25-18-12-13-22(20(26)14-18)29-24(30-23-11-4-3-10-21(23)27)28-15-17-8-5-7-16-6-1-2-9-19(16)17/h1-2,5-9,12-14,21,23H,3-4,10-11,15,27H2,(H2,28,29,30)/t21-,23-/m0/s1. The van der Waals surface area contributed by atoms with Gasteiger partial charge in [0.2, 0.25) is 0 Å². The first-order chi connectivity index (χ1) is 14.6. The molecule has 0 bridgehead atoms. The molecule has 0 unspecified atom stereocenters. The van der Waals surface area contributed by atoms with Crippen LogP contribution in [0.1, 0.15) is 31.2 Å². The summed E-state index contributed by atoms with van der Waals surface area (Å²) in [6.07, 6.45) is 4.41. The maximum absolute atomic E-state index is 6.39. The van der Waals surface area contributed by atoms with Gasteiger partial charge in [-0.25, -0.2) is 4.99 Å². The van der Waals surface area contributed by atoms with Crippen LogP contribution in [0.2, 0.25) is 10.0 Å². The second kappa shape index (κ2) is 9.69. The molecule has 0 amide bonds. The largest absolute Gasteiger partial charge is 0.352 e. The minimum absolute atomic E-state index is 0.115. The summed E-state index contributed by atoms with van der Waals surface area (Å²) in [5.74, 6) is 0.675. The molecule has 1 fully saturated rings. The fraction of sp³-hybridized carbons (Fsp3) is 0.292. The van der Waals surface area contributed by atoms with E-state index in [2.05, 4.69) is 53.1 Å². The zero-order valence-electron chi connectivity index (χ0n) is 16.7. The molecule has 4 nitrogen and oxygen atoms in total. The monoisotopic (exact) mass is 440 g/mol. The van der Waals surface area contributed by atoms with Crippen LogP contribution in [0.3, 0.4) is 0 Å². The van der Waals surface area contributed by atoms with E-state index in [1.807, 2.05) is 12.1 Å². The van der Waals surface area contributed by atoms with Crippen molar-refractivity contribution in [1.29, 1.82) is 0 Å². The van der Waals surface area contributed by atoms with Crippen LogP contribution in [0.25, 0.3) is 10.8 Å². The van der Waals surface area contributed by atoms with E-state index in [0.29, 0.717) is 22.5 Å². The number of guanidine groups is 1. The number of rotatable bonds is 4. The van der Waals surface area contributed by atoms with E-state index in [-0.39, 0.29) is 12.1 Å². The lowest BCUT2D eigenvalue weighted by molar-refractivity contribution is 0.360. The van der Waals surface area contributed by atoms with Gasteiger partial charge in [-0.2, -0.15) is 0 Å². The molecule has 3 aromatic carbocycles. The maximum atomic E-state index is 6.39. The zero-order valence-corrected chi connectivity index (χ0v) is 18.3. The highest BCUT2D eigenvalue weighted by Crippen LogP contribution is 2.26. The van der Waals surface area contributed by atoms with Crippen LogP contribution in [-0.4, -0.2) is 18.0 Å². The summed E-state index contributed by atoms with van der Waals surface area (Å²) in [6, 6.07) is 20.4. The number of hydrogen-bond acceptors (Lipinski definition) is 2. The number of nitrogens with zero attached hydrogens (tertiary/aromatic N) is 1. The smallest absolute Gasteiger partial charge is 0.196 e. The fourth-order valence-corrected chi connectivity index (χ4v) is 4.40. The lowest BCUT2D eigenvalue weighted by Crippen LogP contribution is -2.51. The number of benzene rings is 3. The average molecular weight is 441 g/mol. The molecule has 0 heterocycles. The molecule has 2 atom stereocenters. The van der Waals surface area contributed by atoms with E-state index in [4.69, 9.17) is 33.9 Å². The molecule has 0 saturated heterocycles. The Hall–Kier alpha value is -2.27. The summed E-state index contributed by atoms with van der Waals surface area (Å²) in [5.41, 5.74) is 8.29. The SMILES string of the molecule is N[C@H]1CCCC[C@@H]1NC(=NCc1cccc2ccccc12)Nc1ccc(Cl)cc1Cl. The first-order valence-electron chi connectivity index (χ1n) is 10.4. The van der Waals surface area contributed by atoms with Crippen LogP contribution in [0.15, 0.2) is 65.7 Å². The molecule has 30 heavy (non-hydrogen) atoms. The van der Waals surface area contributed by atoms with Gasteiger partial charge in [0.15, 0.2) is 5.96 Å². The molecule has 1 aliphatic carbocycles. The van der Waals surface area contributed by atoms with Gasteiger partial charge < -0.3 is 16.4 Å². The third-order valence-corrected chi connectivity index (χ3v) is 6.16. The minimum atomic E-state index is 0.115. The van der Waals surface area contributed by atoms with Crippen LogP contribution in [0, 0.1) is 0 Å². The molecule has 6 heteroatoms. The number of nitrogens with one attached hydrogen (secondary N) is 2. The second-order valence-electron chi connectivity index (χ2n) is 7.75. The third kappa shape index (κ3) is 5.07. The quantitative estimate of drug-likeness (QED) is 0.345. The van der Waals surface area contributed by atoms with Crippen molar-refractivity contribution in [1.82, 2.24) is 5.32 Å². The van der Waals surface area contributed by atoms with Gasteiger partial charge in [0.05, 0.1) is 17.3 Å². The summed E-state index contributed by atoms with van der Waals surface area (Å²) in [4.78, 5) is 4.88. The van der Waals surface area contributed by atoms with Crippen molar-refractivity contribution in [2.45, 2.75) is 44.3 Å². The van der Waals surface area contributed by atoms with Crippen molar-refractivity contribution in [2.24, 2.45) is 10.7 Å². The summed E-state index contributed by atoms with van der Waals surface area (Å²) in [5, 5.41) is 10.5. The molecule has 156 valence electrons. The van der Waals surface area contributed by atoms with Crippen molar-refractivity contribution < 1.29 is 0 Å². The maximum Gasteiger partial charge on any atom is 0.196 e. The number of halogens is 2. The first-order valence-corrected chi connectivity index (χ1v) is 11.1. The van der Waals surface area contributed by atoms with Gasteiger partial charge in [-0.1, -0.05) is 78.5 Å². The molecular weight excluding hydrogens is 415 g/mol. The van der Waals surface area contributed by atoms with E-state index in [1.165, 1.54) is 29.2 Å². The Morgan fingerprint density at radius 3 is 2.63 bits per heavy atom. The van der Waals surface area contributed by atoms with E-state index in [0.717, 1.165) is 18.5 Å². The van der Waals surface area contributed by atoms with E-state index in [9.17, 15) is 0 Å². The van der Waals surface area contributed by atoms with Gasteiger partial charge in [-0.15, -0.1) is 0 Å². The highest BCUT2D eigenvalue weighted by atomic mass is 35.5. The minimum Gasteiger partial charge on any atom is -0.352 e. The summed E-state index contributed by atoms with van der Waals surface area (Å²) in [7, 11) is 0. The molecule has 0 spiro atoms. The van der Waals surface area contributed by atoms with Crippen molar-refractivity contribution in [3.8, 4) is 0 Å². The number of anilines is 1. The van der Waals surface area contributed by atoms with Crippen molar-refractivity contribution in [2.75, 3.05) is 5.32 Å². The molecule has 0 aromatic heterocycles. The van der Waals surface area contributed by atoms with E-state index < -0.39 is 0 Å². The Balaban J connectivity index is 1.61. The van der Waals surface area contributed by atoms with Crippen LogP contribution in [0.4, 0.5) is 5.69 Å². The lowest BCUT2D eigenvalue weighted by atomic mass is 9.91. The molecular formula is C24H26Cl2N4. The summed E-state index contributed by atoms with van der Waals surface area (Å²) >= 11 is 12.4. The molecule has 0 radical (unpaired) electrons. The molecule has 1 saturated carbocycles. The van der Waals surface area contributed by atoms with Gasteiger partial charge in [0.1, 0.15) is 0 Å². The molecule has 0 aliphatic heterocycles. The topological polar surface area (TPSA) is 62.4 Å². The van der Waals surface area contributed by atoms with Crippen molar-refractivity contribution >= 4 is 45.6 Å². The predicted molar refractivity (Wildman–Crippen MR) is 129 cm³/mol. The van der Waals surface area contributed by atoms with Crippen LogP contribution >= 0.6 is 23.2 Å². The van der Waals surface area contributed by atoms with Crippen molar-refractivity contribution in [3.63, 3.8) is 0 Å². The van der Waals surface area contributed by atoms with E-state index >= 15 is 0 Å². The zero-order chi connectivity index (χ0) is 20.9. The lowest BCUT2D eigenvalue weighted by Gasteiger charge is -2.30. The summed E-state index contributed by atoms with van der Waals surface area (Å²) < 4.78 is 0. The fourth-order valence-electron chi connectivity index (χ4n) is 3.95. The molecule has 4 N–H and O–H groups in total. The van der Waals surface area contributed by atoms with Crippen LogP contribution < -0.4 is 16.4 Å². The normalized spacial score (nSPS) is 19.6. The van der Waals surface area contributed by atoms with Gasteiger partial charge in [-0.05, 0) is 47.4 Å². The first kappa shape index (κ1) is 21.0. The molecule has 4 rings (SSSR count). The molecule has 3 aromatic rings. The Morgan fingerprint density at radius 1 is 1.00 bits per heavy atom. The Kier molecular flexibility index (Phi) is 6.78. The van der Waals surface area contributed by atoms with Gasteiger partial charge in [0.25, 0.3) is 0 Å². The highest BCUT2D eigenvalue weighted by molar-refractivity contribution is 6.36. The number of aliphatic imine (C=N–C) groups is 1. The third-order valence-electron chi connectivity index (χ3n) is 5.61. The number of fused-ring (bicyclic) bond motifs is 1. The predicted octanol–water partition coefficient (Wildman–Crippen LogP) is 5.97. The highest BCUT2D eigenvalue weighted by Gasteiger charge is 2.23. The number of hydrogen-bond donors (Lipinski definition) is 3. The van der Waals surface area contributed by atoms with Gasteiger partial charge in [-0.3, -0.25) is 0 Å². The Bertz CT molecular complexity index is 1050. The van der Waals surface area contributed by atoms with Gasteiger partial charge in [0, 0.05) is 17.1 Å². The van der Waals surface area contributed by atoms with Crippen molar-refractivity contribution in [3.05, 3.63) is 76.3 Å². The van der Waals surface area contributed by atoms with Crippen LogP contribution in [0.5, 0.6) is 0 Å². The molecule has 1 aliphatic rings. The number of nitrogens with two attached hydrogens (primary N) is 1. The second-order valence-corrected chi connectivity index (χ2v) is 8.60. The Morgan fingerprint density at radius 2 is 1.80 bits per heavy atom. The van der Waals surface area contributed by atoms with Crippen LogP contribution in [-0.2, 0) is 6.54 Å². The van der Waals surface area contributed by atoms with E-state index in [1.54, 1.807) is 6.07 Å². The summed E-state index contributed by atoms with van der Waals surface area (Å²) in [6.45, 7) is 0.545. The van der Waals surface area contributed by atoms with Gasteiger partial charge >= 0.3 is 0 Å².